The van der Waals surface area contributed by atoms with Crippen LogP contribution in [0.15, 0.2) is 12.3 Å². The maximum Gasteiger partial charge on any atom is 0.218 e. The van der Waals surface area contributed by atoms with Crippen molar-refractivity contribution in [1.29, 1.82) is 0 Å². The van der Waals surface area contributed by atoms with E-state index in [9.17, 15) is 4.39 Å². The quantitative estimate of drug-likeness (QED) is 0.708. The van der Waals surface area contributed by atoms with Gasteiger partial charge < -0.3 is 15.6 Å². The summed E-state index contributed by atoms with van der Waals surface area (Å²) in [5.41, 5.74) is 5.87. The van der Waals surface area contributed by atoms with Crippen LogP contribution in [0.3, 0.4) is 0 Å². The summed E-state index contributed by atoms with van der Waals surface area (Å²) in [4.78, 5) is 3.68. The first-order chi connectivity index (χ1) is 6.19. The van der Waals surface area contributed by atoms with E-state index in [0.29, 0.717) is 5.56 Å². The third-order valence-electron chi connectivity index (χ3n) is 1.63. The van der Waals surface area contributed by atoms with Crippen molar-refractivity contribution in [3.8, 4) is 5.88 Å². The van der Waals surface area contributed by atoms with Crippen LogP contribution in [-0.4, -0.2) is 23.8 Å². The number of halogens is 1. The molecule has 1 atom stereocenters. The molecule has 0 aliphatic rings. The van der Waals surface area contributed by atoms with E-state index in [2.05, 4.69) is 4.98 Å². The highest BCUT2D eigenvalue weighted by atomic mass is 19.1. The molecule has 4 nitrogen and oxygen atoms in total. The van der Waals surface area contributed by atoms with Crippen molar-refractivity contribution in [3.05, 3.63) is 23.6 Å². The molecule has 1 aromatic rings. The van der Waals surface area contributed by atoms with Crippen molar-refractivity contribution in [3.63, 3.8) is 0 Å². The highest BCUT2D eigenvalue weighted by Gasteiger charge is 2.12. The SMILES string of the molecule is COc1ncc(F)cc1[C@@H](N)CO. The van der Waals surface area contributed by atoms with Crippen molar-refractivity contribution in [2.45, 2.75) is 6.04 Å². The highest BCUT2D eigenvalue weighted by molar-refractivity contribution is 5.29. The summed E-state index contributed by atoms with van der Waals surface area (Å²) >= 11 is 0. The number of hydrogen-bond donors (Lipinski definition) is 2. The van der Waals surface area contributed by atoms with Crippen LogP contribution in [0.25, 0.3) is 0 Å². The number of ether oxygens (including phenoxy) is 1. The summed E-state index contributed by atoms with van der Waals surface area (Å²) in [6, 6.07) is 0.533. The Hall–Kier alpha value is -1.20. The molecule has 13 heavy (non-hydrogen) atoms. The Morgan fingerprint density at radius 3 is 3.00 bits per heavy atom. The summed E-state index contributed by atoms with van der Waals surface area (Å²) in [6.45, 7) is -0.276. The smallest absolute Gasteiger partial charge is 0.218 e. The molecule has 0 saturated carbocycles. The molecule has 72 valence electrons. The molecule has 1 heterocycles. The number of nitrogens with two attached hydrogens (primary N) is 1. The molecule has 0 saturated heterocycles. The Morgan fingerprint density at radius 1 is 1.77 bits per heavy atom. The lowest BCUT2D eigenvalue weighted by atomic mass is 10.1. The van der Waals surface area contributed by atoms with Gasteiger partial charge in [-0.1, -0.05) is 0 Å². The molecule has 5 heteroatoms. The molecule has 0 radical (unpaired) electrons. The number of methoxy groups -OCH3 is 1. The minimum absolute atomic E-state index is 0.239. The number of pyridine rings is 1. The third kappa shape index (κ3) is 2.13. The molecule has 0 unspecified atom stereocenters. The van der Waals surface area contributed by atoms with Gasteiger partial charge in [0.05, 0.1) is 26.0 Å². The van der Waals surface area contributed by atoms with Gasteiger partial charge in [-0.25, -0.2) is 9.37 Å². The first-order valence-corrected chi connectivity index (χ1v) is 3.75. The Balaban J connectivity index is 3.07. The van der Waals surface area contributed by atoms with Crippen LogP contribution in [0.1, 0.15) is 11.6 Å². The van der Waals surface area contributed by atoms with Crippen LogP contribution in [0, 0.1) is 5.82 Å². The fraction of sp³-hybridized carbons (Fsp3) is 0.375. The van der Waals surface area contributed by atoms with Gasteiger partial charge in [-0.05, 0) is 6.07 Å². The molecule has 1 rings (SSSR count). The number of nitrogens with zero attached hydrogens (tertiary/aromatic N) is 1. The van der Waals surface area contributed by atoms with E-state index >= 15 is 0 Å². The Morgan fingerprint density at radius 2 is 2.46 bits per heavy atom. The van der Waals surface area contributed by atoms with Crippen LogP contribution < -0.4 is 10.5 Å². The van der Waals surface area contributed by atoms with Crippen LogP contribution in [0.2, 0.25) is 0 Å². The molecule has 0 aliphatic heterocycles. The van der Waals surface area contributed by atoms with Gasteiger partial charge in [0.15, 0.2) is 0 Å². The number of rotatable bonds is 3. The van der Waals surface area contributed by atoms with Crippen molar-refractivity contribution in [2.24, 2.45) is 5.73 Å². The normalized spacial score (nSPS) is 12.6. The lowest BCUT2D eigenvalue weighted by Gasteiger charge is -2.11. The molecule has 0 aliphatic carbocycles. The zero-order valence-electron chi connectivity index (χ0n) is 7.20. The minimum Gasteiger partial charge on any atom is -0.481 e. The van der Waals surface area contributed by atoms with Gasteiger partial charge in [0.25, 0.3) is 0 Å². The zero-order valence-corrected chi connectivity index (χ0v) is 7.20. The molecular weight excluding hydrogens is 175 g/mol. The minimum atomic E-state index is -0.668. The highest BCUT2D eigenvalue weighted by Crippen LogP contribution is 2.21. The first-order valence-electron chi connectivity index (χ1n) is 3.75. The summed E-state index contributed by atoms with van der Waals surface area (Å²) in [5.74, 6) is -0.261. The lowest BCUT2D eigenvalue weighted by Crippen LogP contribution is -2.16. The van der Waals surface area contributed by atoms with Gasteiger partial charge in [-0.3, -0.25) is 0 Å². The standard InChI is InChI=1S/C8H11FN2O2/c1-13-8-6(7(10)4-12)2-5(9)3-11-8/h2-3,7,12H,4,10H2,1H3/t7-/m0/s1. The van der Waals surface area contributed by atoms with Crippen LogP contribution in [-0.2, 0) is 0 Å². The van der Waals surface area contributed by atoms with E-state index in [1.165, 1.54) is 13.2 Å². The number of hydrogen-bond acceptors (Lipinski definition) is 4. The van der Waals surface area contributed by atoms with Gasteiger partial charge in [0.1, 0.15) is 5.82 Å². The van der Waals surface area contributed by atoms with Crippen molar-refractivity contribution in [2.75, 3.05) is 13.7 Å². The van der Waals surface area contributed by atoms with E-state index in [1.54, 1.807) is 0 Å². The second-order valence-corrected chi connectivity index (χ2v) is 2.54. The van der Waals surface area contributed by atoms with E-state index in [0.717, 1.165) is 6.20 Å². The fourth-order valence-corrected chi connectivity index (χ4v) is 0.977. The fourth-order valence-electron chi connectivity index (χ4n) is 0.977. The van der Waals surface area contributed by atoms with E-state index in [-0.39, 0.29) is 12.5 Å². The molecule has 0 fully saturated rings. The predicted molar refractivity (Wildman–Crippen MR) is 44.8 cm³/mol. The molecule has 1 aromatic heterocycles. The molecule has 3 N–H and O–H groups in total. The average molecular weight is 186 g/mol. The zero-order chi connectivity index (χ0) is 9.84. The maximum atomic E-state index is 12.7. The molecule has 0 amide bonds. The molecule has 0 spiro atoms. The second kappa shape index (κ2) is 4.15. The van der Waals surface area contributed by atoms with Crippen LogP contribution >= 0.6 is 0 Å². The summed E-state index contributed by atoms with van der Waals surface area (Å²) in [5, 5.41) is 8.77. The first kappa shape index (κ1) is 9.88. The second-order valence-electron chi connectivity index (χ2n) is 2.54. The monoisotopic (exact) mass is 186 g/mol. The van der Waals surface area contributed by atoms with Crippen molar-refractivity contribution < 1.29 is 14.2 Å². The van der Waals surface area contributed by atoms with Gasteiger partial charge in [-0.2, -0.15) is 0 Å². The number of aromatic nitrogens is 1. The predicted octanol–water partition coefficient (Wildman–Crippen LogP) is 0.221. The maximum absolute atomic E-state index is 12.7. The topological polar surface area (TPSA) is 68.4 Å². The van der Waals surface area contributed by atoms with Gasteiger partial charge in [-0.15, -0.1) is 0 Å². The van der Waals surface area contributed by atoms with Crippen molar-refractivity contribution in [1.82, 2.24) is 4.98 Å². The average Bonchev–Trinajstić information content (AvgIpc) is 2.16. The van der Waals surface area contributed by atoms with Crippen LogP contribution in [0.5, 0.6) is 5.88 Å². The van der Waals surface area contributed by atoms with E-state index in [1.807, 2.05) is 0 Å². The molecule has 0 bridgehead atoms. The molecule has 0 aromatic carbocycles. The van der Waals surface area contributed by atoms with Crippen LogP contribution in [0.4, 0.5) is 4.39 Å². The van der Waals surface area contributed by atoms with Crippen molar-refractivity contribution >= 4 is 0 Å². The summed E-state index contributed by atoms with van der Waals surface area (Å²) in [6.07, 6.45) is 1.03. The van der Waals surface area contributed by atoms with E-state index < -0.39 is 11.9 Å². The number of aliphatic hydroxyl groups excluding tert-OH is 1. The van der Waals surface area contributed by atoms with Gasteiger partial charge in [0.2, 0.25) is 5.88 Å². The summed E-state index contributed by atoms with van der Waals surface area (Å²) in [7, 11) is 1.41. The third-order valence-corrected chi connectivity index (χ3v) is 1.63. The Labute approximate surface area is 75.2 Å². The summed E-state index contributed by atoms with van der Waals surface area (Å²) < 4.78 is 17.6. The lowest BCUT2D eigenvalue weighted by molar-refractivity contribution is 0.263. The van der Waals surface area contributed by atoms with Gasteiger partial charge >= 0.3 is 0 Å². The molecular formula is C8H11FN2O2. The van der Waals surface area contributed by atoms with E-state index in [4.69, 9.17) is 15.6 Å². The van der Waals surface area contributed by atoms with Gasteiger partial charge in [0, 0.05) is 5.56 Å². The Bertz CT molecular complexity index is 293. The Kier molecular flexibility index (Phi) is 3.16. The number of aliphatic hydroxyl groups is 1. The largest absolute Gasteiger partial charge is 0.481 e.